The number of nitrogens with zero attached hydrogens (tertiary/aromatic N) is 1. The van der Waals surface area contributed by atoms with Gasteiger partial charge in [0.15, 0.2) is 0 Å². The predicted octanol–water partition coefficient (Wildman–Crippen LogP) is 3.34. The summed E-state index contributed by atoms with van der Waals surface area (Å²) in [4.78, 5) is 12.3. The van der Waals surface area contributed by atoms with E-state index in [-0.39, 0.29) is 12.5 Å². The Labute approximate surface area is 167 Å². The molecule has 2 aromatic rings. The molecule has 28 heavy (non-hydrogen) atoms. The summed E-state index contributed by atoms with van der Waals surface area (Å²) in [5.74, 6) is 0.277. The highest BCUT2D eigenvalue weighted by Gasteiger charge is 2.24. The van der Waals surface area contributed by atoms with Crippen molar-refractivity contribution in [3.8, 4) is 5.75 Å². The predicted molar refractivity (Wildman–Crippen MR) is 112 cm³/mol. The van der Waals surface area contributed by atoms with Gasteiger partial charge in [0.05, 0.1) is 11.9 Å². The number of anilines is 1. The molecule has 0 aromatic heterocycles. The number of carbonyl (C=O) groups excluding carboxylic acids is 1. The quantitative estimate of drug-likeness (QED) is 0.696. The molecule has 0 fully saturated rings. The summed E-state index contributed by atoms with van der Waals surface area (Å²) < 4.78 is 31.2. The van der Waals surface area contributed by atoms with E-state index in [1.807, 2.05) is 51.1 Å². The summed E-state index contributed by atoms with van der Waals surface area (Å²) in [6.07, 6.45) is 1.83. The third-order valence-corrected chi connectivity index (χ3v) is 5.56. The van der Waals surface area contributed by atoms with Crippen LogP contribution < -0.4 is 14.4 Å². The second-order valence-electron chi connectivity index (χ2n) is 7.32. The van der Waals surface area contributed by atoms with Crippen molar-refractivity contribution in [3.63, 3.8) is 0 Å². The molecule has 0 atom stereocenters. The minimum absolute atomic E-state index is 0.271. The van der Waals surface area contributed by atoms with Crippen molar-refractivity contribution in [2.75, 3.05) is 17.1 Å². The smallest absolute Gasteiger partial charge is 0.241 e. The molecule has 6 nitrogen and oxygen atoms in total. The lowest BCUT2D eigenvalue weighted by Gasteiger charge is -2.27. The molecule has 7 heteroatoms. The molecule has 0 spiro atoms. The summed E-state index contributed by atoms with van der Waals surface area (Å²) in [5.41, 5.74) is 1.06. The zero-order valence-electron chi connectivity index (χ0n) is 16.8. The van der Waals surface area contributed by atoms with Gasteiger partial charge in [-0.25, -0.2) is 8.42 Å². The van der Waals surface area contributed by atoms with Gasteiger partial charge in [-0.1, -0.05) is 37.3 Å². The van der Waals surface area contributed by atoms with Crippen LogP contribution in [0.25, 0.3) is 0 Å². The molecule has 0 radical (unpaired) electrons. The second kappa shape index (κ2) is 9.10. The first-order valence-electron chi connectivity index (χ1n) is 9.16. The van der Waals surface area contributed by atoms with Crippen LogP contribution >= 0.6 is 0 Å². The maximum atomic E-state index is 12.3. The third kappa shape index (κ3) is 6.56. The van der Waals surface area contributed by atoms with Crippen LogP contribution in [0.4, 0.5) is 5.69 Å². The summed E-state index contributed by atoms with van der Waals surface area (Å²) in [5, 5.41) is 2.86. The van der Waals surface area contributed by atoms with Crippen molar-refractivity contribution in [2.24, 2.45) is 0 Å². The highest BCUT2D eigenvalue weighted by atomic mass is 32.2. The third-order valence-electron chi connectivity index (χ3n) is 4.42. The Balaban J connectivity index is 2.09. The standard InChI is InChI=1S/C21H28N2O4S/c1-5-21(2,3)22-20(24)15-23(28(4,25)26)18-11-13-19(14-12-18)27-16-17-9-7-6-8-10-17/h6-14H,5,15-16H2,1-4H3,(H,22,24). The van der Waals surface area contributed by atoms with Crippen LogP contribution in [-0.4, -0.2) is 32.7 Å². The van der Waals surface area contributed by atoms with Crippen LogP contribution in [0.3, 0.4) is 0 Å². The van der Waals surface area contributed by atoms with Crippen LogP contribution in [0.1, 0.15) is 32.8 Å². The molecular formula is C21H28N2O4S. The summed E-state index contributed by atoms with van der Waals surface area (Å²) in [6.45, 7) is 5.91. The Kier molecular flexibility index (Phi) is 7.07. The molecule has 2 aromatic carbocycles. The highest BCUT2D eigenvalue weighted by molar-refractivity contribution is 7.92. The Morgan fingerprint density at radius 3 is 2.21 bits per heavy atom. The van der Waals surface area contributed by atoms with Crippen molar-refractivity contribution in [1.82, 2.24) is 5.32 Å². The molecular weight excluding hydrogens is 376 g/mol. The maximum Gasteiger partial charge on any atom is 0.241 e. The van der Waals surface area contributed by atoms with Crippen molar-refractivity contribution >= 4 is 21.6 Å². The fourth-order valence-corrected chi connectivity index (χ4v) is 3.34. The van der Waals surface area contributed by atoms with Gasteiger partial charge in [0, 0.05) is 5.54 Å². The average Bonchev–Trinajstić information content (AvgIpc) is 2.64. The van der Waals surface area contributed by atoms with E-state index in [4.69, 9.17) is 4.74 Å². The van der Waals surface area contributed by atoms with E-state index >= 15 is 0 Å². The average molecular weight is 405 g/mol. The molecule has 0 aliphatic heterocycles. The van der Waals surface area contributed by atoms with Crippen LogP contribution in [0, 0.1) is 0 Å². The summed E-state index contributed by atoms with van der Waals surface area (Å²) in [6, 6.07) is 16.4. The minimum Gasteiger partial charge on any atom is -0.489 e. The van der Waals surface area contributed by atoms with Gasteiger partial charge in [0.2, 0.25) is 15.9 Å². The second-order valence-corrected chi connectivity index (χ2v) is 9.23. The number of hydrogen-bond acceptors (Lipinski definition) is 4. The Bertz CT molecular complexity index is 878. The van der Waals surface area contributed by atoms with Gasteiger partial charge in [-0.15, -0.1) is 0 Å². The molecule has 0 aliphatic carbocycles. The van der Waals surface area contributed by atoms with Gasteiger partial charge >= 0.3 is 0 Å². The van der Waals surface area contributed by atoms with Gasteiger partial charge in [-0.3, -0.25) is 9.10 Å². The van der Waals surface area contributed by atoms with E-state index < -0.39 is 15.6 Å². The Hall–Kier alpha value is -2.54. The van der Waals surface area contributed by atoms with E-state index in [0.29, 0.717) is 18.0 Å². The molecule has 0 saturated carbocycles. The van der Waals surface area contributed by atoms with E-state index in [1.165, 1.54) is 0 Å². The first-order chi connectivity index (χ1) is 13.1. The zero-order chi connectivity index (χ0) is 20.8. The number of nitrogens with one attached hydrogen (secondary N) is 1. The lowest BCUT2D eigenvalue weighted by molar-refractivity contribution is -0.121. The Morgan fingerprint density at radius 2 is 1.68 bits per heavy atom. The topological polar surface area (TPSA) is 75.7 Å². The SMILES string of the molecule is CCC(C)(C)NC(=O)CN(c1ccc(OCc2ccccc2)cc1)S(C)(=O)=O. The summed E-state index contributed by atoms with van der Waals surface area (Å²) >= 11 is 0. The molecule has 0 unspecified atom stereocenters. The van der Waals surface area contributed by atoms with Gasteiger partial charge < -0.3 is 10.1 Å². The number of benzene rings is 2. The molecule has 152 valence electrons. The number of carbonyl (C=O) groups is 1. The van der Waals surface area contributed by atoms with E-state index in [0.717, 1.165) is 22.5 Å². The van der Waals surface area contributed by atoms with Crippen molar-refractivity contribution in [1.29, 1.82) is 0 Å². The number of ether oxygens (including phenoxy) is 1. The number of amides is 1. The summed E-state index contributed by atoms with van der Waals surface area (Å²) in [7, 11) is -3.61. The lowest BCUT2D eigenvalue weighted by Crippen LogP contribution is -2.48. The molecule has 1 N–H and O–H groups in total. The molecule has 0 saturated heterocycles. The van der Waals surface area contributed by atoms with E-state index in [1.54, 1.807) is 24.3 Å². The van der Waals surface area contributed by atoms with Crippen molar-refractivity contribution in [3.05, 3.63) is 60.2 Å². The number of hydrogen-bond donors (Lipinski definition) is 1. The van der Waals surface area contributed by atoms with Crippen LogP contribution in [0.15, 0.2) is 54.6 Å². The number of sulfonamides is 1. The molecule has 0 heterocycles. The molecule has 0 bridgehead atoms. The normalized spacial score (nSPS) is 11.7. The maximum absolute atomic E-state index is 12.3. The van der Waals surface area contributed by atoms with Crippen molar-refractivity contribution in [2.45, 2.75) is 39.3 Å². The van der Waals surface area contributed by atoms with Gasteiger partial charge in [-0.05, 0) is 50.1 Å². The van der Waals surface area contributed by atoms with Crippen molar-refractivity contribution < 1.29 is 17.9 Å². The Morgan fingerprint density at radius 1 is 1.07 bits per heavy atom. The highest BCUT2D eigenvalue weighted by Crippen LogP contribution is 2.22. The first kappa shape index (κ1) is 21.8. The monoisotopic (exact) mass is 404 g/mol. The van der Waals surface area contributed by atoms with E-state index in [2.05, 4.69) is 5.32 Å². The molecule has 2 rings (SSSR count). The number of rotatable bonds is 9. The van der Waals surface area contributed by atoms with Gasteiger partial charge in [-0.2, -0.15) is 0 Å². The van der Waals surface area contributed by atoms with Gasteiger partial charge in [0.25, 0.3) is 0 Å². The zero-order valence-corrected chi connectivity index (χ0v) is 17.6. The van der Waals surface area contributed by atoms with Crippen LogP contribution in [0.5, 0.6) is 5.75 Å². The fourth-order valence-electron chi connectivity index (χ4n) is 2.49. The molecule has 0 aliphatic rings. The fraction of sp³-hybridized carbons (Fsp3) is 0.381. The van der Waals surface area contributed by atoms with E-state index in [9.17, 15) is 13.2 Å². The largest absolute Gasteiger partial charge is 0.489 e. The molecule has 1 amide bonds. The van der Waals surface area contributed by atoms with Gasteiger partial charge in [0.1, 0.15) is 18.9 Å². The van der Waals surface area contributed by atoms with Crippen LogP contribution in [-0.2, 0) is 21.4 Å². The van der Waals surface area contributed by atoms with Crippen LogP contribution in [0.2, 0.25) is 0 Å². The lowest BCUT2D eigenvalue weighted by atomic mass is 10.0. The first-order valence-corrected chi connectivity index (χ1v) is 11.0. The minimum atomic E-state index is -3.61.